The molecule has 2 aromatic carbocycles. The molecule has 3 aromatic rings. The Balaban J connectivity index is 1.46. The van der Waals surface area contributed by atoms with Crippen LogP contribution in [0.25, 0.3) is 10.9 Å². The quantitative estimate of drug-likeness (QED) is 0.459. The molecule has 0 spiro atoms. The van der Waals surface area contributed by atoms with Crippen LogP contribution < -0.4 is 26.2 Å². The highest BCUT2D eigenvalue weighted by atomic mass is 19.4. The number of halogens is 3. The zero-order valence-electron chi connectivity index (χ0n) is 18.8. The molecule has 36 heavy (non-hydrogen) atoms. The number of fused-ring (bicyclic) bond motifs is 1. The third-order valence-electron chi connectivity index (χ3n) is 5.46. The van der Waals surface area contributed by atoms with Crippen LogP contribution in [0.4, 0.5) is 23.7 Å². The first-order chi connectivity index (χ1) is 17.0. The van der Waals surface area contributed by atoms with Crippen LogP contribution in [0.3, 0.4) is 0 Å². The molecule has 1 saturated heterocycles. The van der Waals surface area contributed by atoms with Crippen LogP contribution in [-0.4, -0.2) is 33.8 Å². The number of benzene rings is 2. The molecule has 2 heterocycles. The second kappa shape index (κ2) is 9.68. The molecule has 1 fully saturated rings. The highest BCUT2D eigenvalue weighted by molar-refractivity contribution is 5.99. The first kappa shape index (κ1) is 24.7. The highest BCUT2D eigenvalue weighted by Crippen LogP contribution is 2.24. The van der Waals surface area contributed by atoms with E-state index >= 15 is 0 Å². The molecule has 1 aromatic heterocycles. The van der Waals surface area contributed by atoms with E-state index < -0.39 is 41.6 Å². The van der Waals surface area contributed by atoms with Gasteiger partial charge in [0.25, 0.3) is 5.56 Å². The molecular weight excluding hydrogens is 483 g/mol. The van der Waals surface area contributed by atoms with Crippen molar-refractivity contribution in [3.8, 4) is 5.75 Å². The zero-order valence-corrected chi connectivity index (χ0v) is 18.8. The fourth-order valence-electron chi connectivity index (χ4n) is 3.86. The molecule has 0 aliphatic carbocycles. The number of alkyl halides is 3. The third-order valence-corrected chi connectivity index (χ3v) is 5.46. The van der Waals surface area contributed by atoms with Crippen molar-refractivity contribution in [2.75, 3.05) is 5.32 Å². The summed E-state index contributed by atoms with van der Waals surface area (Å²) in [6.45, 7) is 1.63. The summed E-state index contributed by atoms with van der Waals surface area (Å²) in [5.41, 5.74) is 0.784. The largest absolute Gasteiger partial charge is 0.573 e. The molecular formula is C23H20F3N5O5. The van der Waals surface area contributed by atoms with E-state index in [-0.39, 0.29) is 30.5 Å². The Morgan fingerprint density at radius 2 is 1.89 bits per heavy atom. The Kier molecular flexibility index (Phi) is 6.64. The number of carbonyl (C=O) groups is 3. The average Bonchev–Trinajstić information content (AvgIpc) is 2.79. The fourth-order valence-corrected chi connectivity index (χ4v) is 3.86. The van der Waals surface area contributed by atoms with Crippen molar-refractivity contribution < 1.29 is 32.3 Å². The van der Waals surface area contributed by atoms with E-state index in [0.29, 0.717) is 16.9 Å². The molecule has 0 saturated carbocycles. The zero-order chi connectivity index (χ0) is 26.0. The number of urea groups is 1. The fraction of sp³-hybridized carbons (Fsp3) is 0.261. The van der Waals surface area contributed by atoms with Crippen molar-refractivity contribution in [1.29, 1.82) is 0 Å². The maximum Gasteiger partial charge on any atom is 0.573 e. The number of aromatic nitrogens is 2. The minimum Gasteiger partial charge on any atom is -0.406 e. The summed E-state index contributed by atoms with van der Waals surface area (Å²) in [6, 6.07) is 8.00. The van der Waals surface area contributed by atoms with Crippen LogP contribution in [-0.2, 0) is 16.1 Å². The van der Waals surface area contributed by atoms with Crippen molar-refractivity contribution in [3.05, 3.63) is 64.2 Å². The molecule has 4 amide bonds. The van der Waals surface area contributed by atoms with Gasteiger partial charge in [0.05, 0.1) is 10.9 Å². The van der Waals surface area contributed by atoms with E-state index in [0.717, 1.165) is 12.1 Å². The Labute approximate surface area is 201 Å². The van der Waals surface area contributed by atoms with Gasteiger partial charge in [-0.3, -0.25) is 24.3 Å². The Hall–Kier alpha value is -4.42. The molecule has 188 valence electrons. The number of ether oxygens (including phenoxy) is 1. The Morgan fingerprint density at radius 3 is 2.56 bits per heavy atom. The standard InChI is InChI=1S/C23H20F3N5O5/c1-12-28-17-7-2-13(10-16(17)21(34)31(12)18-8-9-19(32)30-20(18)33)11-27-22(35)29-14-3-5-15(6-4-14)36-23(24,25)26/h2-7,10,18H,8-9,11H2,1H3,(H2,27,29,35)(H,30,32,33)/t18-/m0/s1. The molecule has 1 atom stereocenters. The topological polar surface area (TPSA) is 131 Å². The Morgan fingerprint density at radius 1 is 1.17 bits per heavy atom. The van der Waals surface area contributed by atoms with Gasteiger partial charge in [-0.15, -0.1) is 13.2 Å². The predicted molar refractivity (Wildman–Crippen MR) is 121 cm³/mol. The molecule has 1 aliphatic rings. The minimum absolute atomic E-state index is 0.0305. The van der Waals surface area contributed by atoms with Gasteiger partial charge in [-0.05, 0) is 55.3 Å². The van der Waals surface area contributed by atoms with Crippen molar-refractivity contribution >= 4 is 34.4 Å². The van der Waals surface area contributed by atoms with Crippen molar-refractivity contribution in [2.24, 2.45) is 0 Å². The normalized spacial score (nSPS) is 15.9. The second-order valence-electron chi connectivity index (χ2n) is 8.03. The van der Waals surface area contributed by atoms with E-state index in [9.17, 15) is 32.3 Å². The first-order valence-electron chi connectivity index (χ1n) is 10.8. The lowest BCUT2D eigenvalue weighted by molar-refractivity contribution is -0.274. The Bertz CT molecular complexity index is 1400. The number of aryl methyl sites for hydroxylation is 1. The number of piperidine rings is 1. The predicted octanol–water partition coefficient (Wildman–Crippen LogP) is 2.90. The number of imide groups is 1. The van der Waals surface area contributed by atoms with Gasteiger partial charge in [-0.2, -0.15) is 0 Å². The number of nitrogens with one attached hydrogen (secondary N) is 3. The molecule has 1 aliphatic heterocycles. The van der Waals surface area contributed by atoms with Crippen molar-refractivity contribution in [1.82, 2.24) is 20.2 Å². The van der Waals surface area contributed by atoms with Crippen LogP contribution in [0, 0.1) is 6.92 Å². The third kappa shape index (κ3) is 5.62. The molecule has 0 unspecified atom stereocenters. The number of rotatable bonds is 5. The van der Waals surface area contributed by atoms with Gasteiger partial charge in [0, 0.05) is 18.7 Å². The SMILES string of the molecule is Cc1nc2ccc(CNC(=O)Nc3ccc(OC(F)(F)F)cc3)cc2c(=O)n1[C@H]1CCC(=O)NC1=O. The van der Waals surface area contributed by atoms with Crippen molar-refractivity contribution in [2.45, 2.75) is 38.7 Å². The van der Waals surface area contributed by atoms with Gasteiger partial charge >= 0.3 is 12.4 Å². The summed E-state index contributed by atoms with van der Waals surface area (Å²) in [7, 11) is 0. The second-order valence-corrected chi connectivity index (χ2v) is 8.03. The summed E-state index contributed by atoms with van der Waals surface area (Å²) in [5.74, 6) is -1.05. The van der Waals surface area contributed by atoms with Crippen molar-refractivity contribution in [3.63, 3.8) is 0 Å². The molecule has 10 nitrogen and oxygen atoms in total. The molecule has 0 radical (unpaired) electrons. The van der Waals surface area contributed by atoms with E-state index in [1.807, 2.05) is 0 Å². The minimum atomic E-state index is -4.81. The van der Waals surface area contributed by atoms with Gasteiger partial charge in [-0.25, -0.2) is 9.78 Å². The summed E-state index contributed by atoms with van der Waals surface area (Å²) in [4.78, 5) is 53.6. The lowest BCUT2D eigenvalue weighted by Crippen LogP contribution is -2.45. The molecule has 0 bridgehead atoms. The molecule has 4 rings (SSSR count). The van der Waals surface area contributed by atoms with Gasteiger partial charge in [0.2, 0.25) is 11.8 Å². The van der Waals surface area contributed by atoms with Gasteiger partial charge in [-0.1, -0.05) is 6.07 Å². The van der Waals surface area contributed by atoms with E-state index in [1.165, 1.54) is 16.7 Å². The van der Waals surface area contributed by atoms with Gasteiger partial charge in [0.15, 0.2) is 0 Å². The smallest absolute Gasteiger partial charge is 0.406 e. The molecule has 3 N–H and O–H groups in total. The molecule has 13 heteroatoms. The number of anilines is 1. The summed E-state index contributed by atoms with van der Waals surface area (Å²) in [6.07, 6.45) is -4.52. The highest BCUT2D eigenvalue weighted by Gasteiger charge is 2.31. The van der Waals surface area contributed by atoms with Gasteiger partial charge in [0.1, 0.15) is 17.6 Å². The van der Waals surface area contributed by atoms with Gasteiger partial charge < -0.3 is 15.4 Å². The number of hydrogen-bond donors (Lipinski definition) is 3. The number of carbonyl (C=O) groups excluding carboxylic acids is 3. The lowest BCUT2D eigenvalue weighted by Gasteiger charge is -2.24. The monoisotopic (exact) mass is 503 g/mol. The van der Waals surface area contributed by atoms with Crippen LogP contribution >= 0.6 is 0 Å². The number of amides is 4. The number of hydrogen-bond acceptors (Lipinski definition) is 6. The summed E-state index contributed by atoms with van der Waals surface area (Å²) < 4.78 is 41.8. The van der Waals surface area contributed by atoms with Crippen LogP contribution in [0.15, 0.2) is 47.3 Å². The average molecular weight is 503 g/mol. The van der Waals surface area contributed by atoms with Crippen LogP contribution in [0.1, 0.15) is 30.3 Å². The first-order valence-corrected chi connectivity index (χ1v) is 10.8. The van der Waals surface area contributed by atoms with E-state index in [4.69, 9.17) is 0 Å². The van der Waals surface area contributed by atoms with E-state index in [1.54, 1.807) is 25.1 Å². The van der Waals surface area contributed by atoms with Crippen LogP contribution in [0.5, 0.6) is 5.75 Å². The maximum absolute atomic E-state index is 13.2. The summed E-state index contributed by atoms with van der Waals surface area (Å²) >= 11 is 0. The van der Waals surface area contributed by atoms with E-state index in [2.05, 4.69) is 25.7 Å². The lowest BCUT2D eigenvalue weighted by atomic mass is 10.0. The maximum atomic E-state index is 13.2. The number of nitrogens with zero attached hydrogens (tertiary/aromatic N) is 2. The van der Waals surface area contributed by atoms with Crippen LogP contribution in [0.2, 0.25) is 0 Å². The summed E-state index contributed by atoms with van der Waals surface area (Å²) in [5, 5.41) is 7.55.